The third-order valence-electron chi connectivity index (χ3n) is 6.83. The first-order valence-corrected chi connectivity index (χ1v) is 15.7. The average molecular weight is 755 g/mol. The van der Waals surface area contributed by atoms with Crippen molar-refractivity contribution < 1.29 is 187 Å². The second-order valence-corrected chi connectivity index (χ2v) is 12.1. The summed E-state index contributed by atoms with van der Waals surface area (Å²) in [7, 11) is -11.0. The van der Waals surface area contributed by atoms with Crippen LogP contribution in [0.5, 0.6) is 0 Å². The number of aliphatic carboxylic acids is 1. The molecule has 0 unspecified atom stereocenters. The molecule has 47 heavy (non-hydrogen) atoms. The van der Waals surface area contributed by atoms with Crippen LogP contribution in [0.25, 0.3) is 0 Å². The van der Waals surface area contributed by atoms with Gasteiger partial charge in [-0.15, -0.1) is 0 Å². The third kappa shape index (κ3) is 13.0. The molecule has 21 nitrogen and oxygen atoms in total. The van der Waals surface area contributed by atoms with Crippen molar-refractivity contribution in [3.63, 3.8) is 0 Å². The summed E-state index contributed by atoms with van der Waals surface area (Å²) in [5, 5.41) is 63.3. The molecule has 5 N–H and O–H groups in total. The molecule has 0 spiro atoms. The number of aliphatic hydroxyl groups is 5. The molecular formula is C21H33Na3O21S2. The summed E-state index contributed by atoms with van der Waals surface area (Å²) in [6, 6.07) is 0. The number of carboxylic acid groups (broad SMARTS) is 1. The molecule has 3 aliphatic heterocycles. The van der Waals surface area contributed by atoms with Crippen molar-refractivity contribution in [2.45, 2.75) is 119 Å². The predicted octanol–water partition coefficient (Wildman–Crippen LogP) is -15.3. The second-order valence-electron chi connectivity index (χ2n) is 10.1. The number of hydrogen-bond donors (Lipinski definition) is 5. The van der Waals surface area contributed by atoms with E-state index < -0.39 is 119 Å². The van der Waals surface area contributed by atoms with Gasteiger partial charge in [0.05, 0.1) is 18.2 Å². The Labute approximate surface area is 336 Å². The summed E-state index contributed by atoms with van der Waals surface area (Å²) in [5.74, 6) is -2.02. The van der Waals surface area contributed by atoms with Crippen molar-refractivity contribution >= 4 is 26.8 Å². The summed E-state index contributed by atoms with van der Waals surface area (Å²) < 4.78 is 110. The SMILES string of the molecule is CCCO[C@@H]1O[C@@H](C)[C@@H](OS(=O)(=O)[O-])[C@@H](O[C@@H]2O[C@@H](C)[C@@H](OS(=O)(=O)[O-])[C@@H](O)[C@@H]2O)[C@@H]1O[C@H]1O[C@H](C(=O)[O-])[C@@H](O)[C@H](O)[C@H]1O.[Na+].[Na+].[Na+]. The fourth-order valence-corrected chi connectivity index (χ4v) is 5.84. The average Bonchev–Trinajstić information content (AvgIpc) is 2.90. The van der Waals surface area contributed by atoms with E-state index in [1.54, 1.807) is 6.92 Å². The summed E-state index contributed by atoms with van der Waals surface area (Å²) in [5.41, 5.74) is 0. The third-order valence-corrected chi connectivity index (χ3v) is 7.75. The van der Waals surface area contributed by atoms with Gasteiger partial charge in [0.1, 0.15) is 61.0 Å². The molecule has 258 valence electrons. The van der Waals surface area contributed by atoms with Gasteiger partial charge in [-0.1, -0.05) is 6.92 Å². The fourth-order valence-electron chi connectivity index (χ4n) is 4.76. The monoisotopic (exact) mass is 754 g/mol. The van der Waals surface area contributed by atoms with E-state index in [1.807, 2.05) is 0 Å². The van der Waals surface area contributed by atoms with Crippen LogP contribution in [0.2, 0.25) is 0 Å². The van der Waals surface area contributed by atoms with Crippen LogP contribution in [-0.4, -0.2) is 156 Å². The van der Waals surface area contributed by atoms with E-state index in [4.69, 9.17) is 28.4 Å². The molecule has 26 heteroatoms. The zero-order valence-electron chi connectivity index (χ0n) is 26.2. The summed E-state index contributed by atoms with van der Waals surface area (Å²) >= 11 is 0. The Morgan fingerprint density at radius 2 is 1.11 bits per heavy atom. The molecule has 3 heterocycles. The molecule has 15 atom stereocenters. The van der Waals surface area contributed by atoms with Crippen molar-refractivity contribution in [1.82, 2.24) is 0 Å². The number of carbonyl (C=O) groups is 1. The molecule has 3 fully saturated rings. The quantitative estimate of drug-likeness (QED) is 0.0701. The minimum atomic E-state index is -5.55. The minimum Gasteiger partial charge on any atom is -0.726 e. The number of ether oxygens (including phenoxy) is 6. The Morgan fingerprint density at radius 3 is 1.62 bits per heavy atom. The largest absolute Gasteiger partial charge is 1.00 e. The molecule has 0 bridgehead atoms. The number of rotatable bonds is 12. The van der Waals surface area contributed by atoms with Crippen molar-refractivity contribution in [2.24, 2.45) is 0 Å². The number of carboxylic acids is 1. The van der Waals surface area contributed by atoms with E-state index in [2.05, 4.69) is 8.37 Å². The Hall–Kier alpha value is 1.77. The maximum atomic E-state index is 11.6. The molecule has 3 aliphatic rings. The predicted molar refractivity (Wildman–Crippen MR) is 128 cm³/mol. The molecule has 0 aliphatic carbocycles. The summed E-state index contributed by atoms with van der Waals surface area (Å²) in [4.78, 5) is 11.5. The molecule has 0 saturated carbocycles. The van der Waals surface area contributed by atoms with Gasteiger partial charge in [0, 0.05) is 6.61 Å². The van der Waals surface area contributed by atoms with Gasteiger partial charge in [-0.25, -0.2) is 16.8 Å². The summed E-state index contributed by atoms with van der Waals surface area (Å²) in [6.07, 6.45) is -29.2. The van der Waals surface area contributed by atoms with Gasteiger partial charge in [0.25, 0.3) is 0 Å². The first kappa shape index (κ1) is 48.8. The Bertz CT molecular complexity index is 1200. The van der Waals surface area contributed by atoms with E-state index in [-0.39, 0.29) is 95.3 Å². The molecule has 0 aromatic heterocycles. The maximum absolute atomic E-state index is 11.6. The van der Waals surface area contributed by atoms with Crippen molar-refractivity contribution in [2.75, 3.05) is 6.61 Å². The normalized spacial score (nSPS) is 41.1. The van der Waals surface area contributed by atoms with Gasteiger partial charge in [0.2, 0.25) is 20.8 Å². The second kappa shape index (κ2) is 20.3. The maximum Gasteiger partial charge on any atom is 1.00 e. The van der Waals surface area contributed by atoms with Crippen LogP contribution in [0.1, 0.15) is 27.2 Å². The standard InChI is InChI=1S/C21H36O21S2.3Na/c1-4-5-35-21-17(40-20-11(25)8(22)9(23)15(38-20)18(27)28)16(14(7(3)37-21)42-44(32,33)34)39-19-12(26)10(24)13(6(2)36-19)41-43(29,30)31;;;/h6-17,19-26H,4-5H2,1-3H3,(H,27,28)(H,29,30,31)(H,32,33,34);;;/q;3*+1/p-3/t6-,7-,8-,9-,10-,11+,12-,13+,14+,15-,16+,17-,19-,20+,21+;;;/m0.../s1. The van der Waals surface area contributed by atoms with Gasteiger partial charge in [-0.05, 0) is 20.3 Å². The van der Waals surface area contributed by atoms with Crippen LogP contribution in [0, 0.1) is 0 Å². The molecule has 3 saturated heterocycles. The molecule has 3 rings (SSSR count). The van der Waals surface area contributed by atoms with Gasteiger partial charge in [0.15, 0.2) is 18.9 Å². The van der Waals surface area contributed by atoms with Gasteiger partial charge >= 0.3 is 88.7 Å². The fraction of sp³-hybridized carbons (Fsp3) is 0.952. The van der Waals surface area contributed by atoms with E-state index in [9.17, 15) is 61.4 Å². The van der Waals surface area contributed by atoms with Crippen LogP contribution < -0.4 is 93.8 Å². The van der Waals surface area contributed by atoms with Crippen LogP contribution in [0.4, 0.5) is 0 Å². The van der Waals surface area contributed by atoms with Crippen molar-refractivity contribution in [3.05, 3.63) is 0 Å². The van der Waals surface area contributed by atoms with E-state index in [1.165, 1.54) is 6.92 Å². The molecule has 0 aromatic carbocycles. The first-order chi connectivity index (χ1) is 20.3. The summed E-state index contributed by atoms with van der Waals surface area (Å²) in [6.45, 7) is 3.94. The Morgan fingerprint density at radius 1 is 0.660 bits per heavy atom. The first-order valence-electron chi connectivity index (χ1n) is 13.0. The van der Waals surface area contributed by atoms with Crippen LogP contribution in [0.3, 0.4) is 0 Å². The van der Waals surface area contributed by atoms with Crippen LogP contribution >= 0.6 is 0 Å². The Balaban J connectivity index is 0.00000705. The van der Waals surface area contributed by atoms with Gasteiger partial charge < -0.3 is 73.0 Å². The molecule has 0 radical (unpaired) electrons. The number of hydrogen-bond acceptors (Lipinski definition) is 21. The molecular weight excluding hydrogens is 721 g/mol. The number of aliphatic hydroxyl groups excluding tert-OH is 5. The smallest absolute Gasteiger partial charge is 0.726 e. The molecule has 0 aromatic rings. The van der Waals surface area contributed by atoms with Crippen LogP contribution in [0.15, 0.2) is 0 Å². The van der Waals surface area contributed by atoms with Gasteiger partial charge in [-0.3, -0.25) is 8.37 Å². The van der Waals surface area contributed by atoms with Crippen molar-refractivity contribution in [3.8, 4) is 0 Å². The van der Waals surface area contributed by atoms with Crippen molar-refractivity contribution in [1.29, 1.82) is 0 Å². The van der Waals surface area contributed by atoms with Crippen LogP contribution in [-0.2, 0) is 62.4 Å². The molecule has 0 amide bonds. The number of carbonyl (C=O) groups excluding carboxylic acids is 1. The minimum absolute atomic E-state index is 0. The zero-order chi connectivity index (χ0) is 33.3. The van der Waals surface area contributed by atoms with Gasteiger partial charge in [-0.2, -0.15) is 0 Å². The van der Waals surface area contributed by atoms with E-state index in [0.29, 0.717) is 6.42 Å². The zero-order valence-corrected chi connectivity index (χ0v) is 33.8. The Kier molecular flexibility index (Phi) is 21.1. The topological polar surface area (TPSA) is 330 Å². The van der Waals surface area contributed by atoms with E-state index >= 15 is 0 Å². The van der Waals surface area contributed by atoms with E-state index in [0.717, 1.165) is 6.92 Å².